The summed E-state index contributed by atoms with van der Waals surface area (Å²) >= 11 is 0. The van der Waals surface area contributed by atoms with Crippen molar-refractivity contribution < 1.29 is 19.4 Å². The minimum absolute atomic E-state index is 0.0790. The standard InChI is InChI=1S/C18H36O3.C14H28O/c1-2-3-4-5-6-7-8-9-10-11-12-13-14-15-18(20)21-17-16-19;1-2-3-4-5-6-7-8-9-10-11-12-13-14-15/h19H,2-17H2,1H3;14H,2-13H2,1H3. The molecule has 4 nitrogen and oxygen atoms in total. The predicted octanol–water partition coefficient (Wildman–Crippen LogP) is 9.89. The van der Waals surface area contributed by atoms with E-state index in [0.29, 0.717) is 6.42 Å². The Hall–Kier alpha value is -0.900. The zero-order valence-electron chi connectivity index (χ0n) is 24.5. The fourth-order valence-corrected chi connectivity index (χ4v) is 4.41. The number of carbonyl (C=O) groups excluding carboxylic acids is 2. The van der Waals surface area contributed by atoms with Crippen molar-refractivity contribution >= 4 is 12.3 Å². The van der Waals surface area contributed by atoms with Gasteiger partial charge in [-0.05, 0) is 12.8 Å². The third-order valence-corrected chi connectivity index (χ3v) is 6.76. The van der Waals surface area contributed by atoms with Crippen LogP contribution in [0.15, 0.2) is 0 Å². The maximum Gasteiger partial charge on any atom is 0.305 e. The molecule has 0 unspecified atom stereocenters. The molecule has 0 aromatic heterocycles. The number of hydrogen-bond donors (Lipinski definition) is 1. The molecule has 1 N–H and O–H groups in total. The fourth-order valence-electron chi connectivity index (χ4n) is 4.41. The van der Waals surface area contributed by atoms with E-state index in [9.17, 15) is 9.59 Å². The number of ether oxygens (including phenoxy) is 1. The molecule has 0 aliphatic rings. The Bertz CT molecular complexity index is 411. The van der Waals surface area contributed by atoms with Gasteiger partial charge in [-0.1, -0.05) is 155 Å². The van der Waals surface area contributed by atoms with E-state index in [1.54, 1.807) is 0 Å². The van der Waals surface area contributed by atoms with Crippen LogP contribution in [0.25, 0.3) is 0 Å². The molecule has 0 bridgehead atoms. The first kappa shape index (κ1) is 37.3. The van der Waals surface area contributed by atoms with Crippen molar-refractivity contribution in [2.45, 2.75) is 181 Å². The second-order valence-electron chi connectivity index (χ2n) is 10.4. The Labute approximate surface area is 225 Å². The van der Waals surface area contributed by atoms with E-state index in [-0.39, 0.29) is 19.2 Å². The molecule has 4 heteroatoms. The summed E-state index contributed by atoms with van der Waals surface area (Å²) < 4.78 is 4.81. The summed E-state index contributed by atoms with van der Waals surface area (Å²) in [5, 5.41) is 8.52. The van der Waals surface area contributed by atoms with E-state index < -0.39 is 0 Å². The average Bonchev–Trinajstić information content (AvgIpc) is 2.89. The van der Waals surface area contributed by atoms with Gasteiger partial charge in [0.15, 0.2) is 0 Å². The molecular formula is C32H64O4. The SMILES string of the molecule is CCCCCCCCCCCCCC=O.CCCCCCCCCCCCCCCC(=O)OCCO. The van der Waals surface area contributed by atoms with Crippen molar-refractivity contribution in [2.24, 2.45) is 0 Å². The lowest BCUT2D eigenvalue weighted by atomic mass is 10.0. The van der Waals surface area contributed by atoms with E-state index in [0.717, 1.165) is 32.0 Å². The maximum atomic E-state index is 11.2. The van der Waals surface area contributed by atoms with Crippen molar-refractivity contribution in [3.05, 3.63) is 0 Å². The molecule has 216 valence electrons. The lowest BCUT2D eigenvalue weighted by Gasteiger charge is -2.04. The first-order chi connectivity index (χ1) is 17.7. The lowest BCUT2D eigenvalue weighted by molar-refractivity contribution is -0.144. The number of aldehydes is 1. The Balaban J connectivity index is 0. The quantitative estimate of drug-likeness (QED) is 0.0643. The van der Waals surface area contributed by atoms with Gasteiger partial charge in [-0.25, -0.2) is 0 Å². The molecular weight excluding hydrogens is 448 g/mol. The molecule has 0 saturated heterocycles. The average molecular weight is 513 g/mol. The van der Waals surface area contributed by atoms with Gasteiger partial charge in [-0.15, -0.1) is 0 Å². The molecule has 0 heterocycles. The fraction of sp³-hybridized carbons (Fsp3) is 0.938. The van der Waals surface area contributed by atoms with Gasteiger partial charge in [0.2, 0.25) is 0 Å². The molecule has 0 aliphatic heterocycles. The number of hydrogen-bond acceptors (Lipinski definition) is 4. The number of esters is 1. The highest BCUT2D eigenvalue weighted by molar-refractivity contribution is 5.69. The Kier molecular flexibility index (Phi) is 37.5. The van der Waals surface area contributed by atoms with Crippen molar-refractivity contribution in [1.82, 2.24) is 0 Å². The minimum atomic E-state index is -0.174. The highest BCUT2D eigenvalue weighted by Crippen LogP contribution is 2.13. The molecule has 0 atom stereocenters. The van der Waals surface area contributed by atoms with Crippen LogP contribution in [0.1, 0.15) is 181 Å². The molecule has 0 saturated carbocycles. The van der Waals surface area contributed by atoms with Crippen molar-refractivity contribution in [1.29, 1.82) is 0 Å². The van der Waals surface area contributed by atoms with Gasteiger partial charge in [0.25, 0.3) is 0 Å². The molecule has 0 spiro atoms. The van der Waals surface area contributed by atoms with Gasteiger partial charge in [0.05, 0.1) is 6.61 Å². The summed E-state index contributed by atoms with van der Waals surface area (Å²) in [5.74, 6) is -0.174. The van der Waals surface area contributed by atoms with Crippen molar-refractivity contribution in [2.75, 3.05) is 13.2 Å². The number of aliphatic hydroxyl groups excluding tert-OH is 1. The van der Waals surface area contributed by atoms with Gasteiger partial charge >= 0.3 is 5.97 Å². The lowest BCUT2D eigenvalue weighted by Crippen LogP contribution is -2.07. The summed E-state index contributed by atoms with van der Waals surface area (Å²) in [6, 6.07) is 0. The van der Waals surface area contributed by atoms with Crippen LogP contribution < -0.4 is 0 Å². The maximum absolute atomic E-state index is 11.2. The van der Waals surface area contributed by atoms with Gasteiger partial charge in [-0.3, -0.25) is 4.79 Å². The van der Waals surface area contributed by atoms with Gasteiger partial charge in [-0.2, -0.15) is 0 Å². The monoisotopic (exact) mass is 512 g/mol. The number of rotatable bonds is 28. The highest BCUT2D eigenvalue weighted by atomic mass is 16.5. The van der Waals surface area contributed by atoms with Gasteiger partial charge < -0.3 is 14.6 Å². The van der Waals surface area contributed by atoms with Crippen LogP contribution in [-0.2, 0) is 14.3 Å². The summed E-state index contributed by atoms with van der Waals surface area (Å²) in [6.45, 7) is 4.58. The Morgan fingerprint density at radius 2 is 0.889 bits per heavy atom. The highest BCUT2D eigenvalue weighted by Gasteiger charge is 2.01. The van der Waals surface area contributed by atoms with E-state index >= 15 is 0 Å². The first-order valence-electron chi connectivity index (χ1n) is 15.9. The molecule has 36 heavy (non-hydrogen) atoms. The van der Waals surface area contributed by atoms with Crippen LogP contribution in [0, 0.1) is 0 Å². The van der Waals surface area contributed by atoms with E-state index in [1.807, 2.05) is 0 Å². The molecule has 0 aliphatic carbocycles. The van der Waals surface area contributed by atoms with Crippen LogP contribution >= 0.6 is 0 Å². The Morgan fingerprint density at radius 1 is 0.556 bits per heavy atom. The first-order valence-corrected chi connectivity index (χ1v) is 15.9. The Morgan fingerprint density at radius 3 is 1.22 bits per heavy atom. The van der Waals surface area contributed by atoms with E-state index in [2.05, 4.69) is 13.8 Å². The van der Waals surface area contributed by atoms with Crippen LogP contribution in [0.3, 0.4) is 0 Å². The normalized spacial score (nSPS) is 10.6. The molecule has 0 fully saturated rings. The largest absolute Gasteiger partial charge is 0.463 e. The smallest absolute Gasteiger partial charge is 0.305 e. The molecule has 0 radical (unpaired) electrons. The zero-order chi connectivity index (χ0) is 26.8. The second-order valence-corrected chi connectivity index (χ2v) is 10.4. The summed E-state index contributed by atoms with van der Waals surface area (Å²) in [5.41, 5.74) is 0. The third-order valence-electron chi connectivity index (χ3n) is 6.76. The topological polar surface area (TPSA) is 63.6 Å². The van der Waals surface area contributed by atoms with E-state index in [4.69, 9.17) is 9.84 Å². The second kappa shape index (κ2) is 36.3. The van der Waals surface area contributed by atoms with Gasteiger partial charge in [0, 0.05) is 12.8 Å². The number of aliphatic hydroxyl groups is 1. The van der Waals surface area contributed by atoms with Gasteiger partial charge in [0.1, 0.15) is 12.9 Å². The number of unbranched alkanes of at least 4 members (excludes halogenated alkanes) is 23. The minimum Gasteiger partial charge on any atom is -0.463 e. The van der Waals surface area contributed by atoms with Crippen LogP contribution in [0.4, 0.5) is 0 Å². The predicted molar refractivity (Wildman–Crippen MR) is 155 cm³/mol. The molecule has 0 rings (SSSR count). The summed E-state index contributed by atoms with van der Waals surface area (Å²) in [4.78, 5) is 21.2. The third kappa shape index (κ3) is 37.6. The van der Waals surface area contributed by atoms with Crippen LogP contribution in [0.5, 0.6) is 0 Å². The van der Waals surface area contributed by atoms with Crippen LogP contribution in [0.2, 0.25) is 0 Å². The zero-order valence-corrected chi connectivity index (χ0v) is 24.5. The molecule has 0 aromatic rings. The van der Waals surface area contributed by atoms with Crippen molar-refractivity contribution in [3.8, 4) is 0 Å². The summed E-state index contributed by atoms with van der Waals surface area (Å²) in [7, 11) is 0. The molecule has 0 amide bonds. The molecule has 0 aromatic carbocycles. The van der Waals surface area contributed by atoms with E-state index in [1.165, 1.54) is 135 Å². The number of carbonyl (C=O) groups is 2. The van der Waals surface area contributed by atoms with Crippen molar-refractivity contribution in [3.63, 3.8) is 0 Å². The van der Waals surface area contributed by atoms with Crippen LogP contribution in [-0.4, -0.2) is 30.6 Å². The summed E-state index contributed by atoms with van der Waals surface area (Å²) in [6.07, 6.45) is 34.2.